The second-order valence-electron chi connectivity index (χ2n) is 4.87. The summed E-state index contributed by atoms with van der Waals surface area (Å²) in [6.45, 7) is 0. The Kier molecular flexibility index (Phi) is 4.65. The van der Waals surface area contributed by atoms with Gasteiger partial charge in [0.05, 0.1) is 18.1 Å². The Morgan fingerprint density at radius 3 is 2.29 bits per heavy atom. The summed E-state index contributed by atoms with van der Waals surface area (Å²) in [7, 11) is -1.63. The third-order valence-electron chi connectivity index (χ3n) is 3.30. The van der Waals surface area contributed by atoms with Crippen molar-refractivity contribution in [3.63, 3.8) is 0 Å². The molecular formula is C16H18O4S. The molecule has 0 saturated heterocycles. The maximum absolute atomic E-state index is 11.4. The van der Waals surface area contributed by atoms with Crippen molar-refractivity contribution in [3.05, 3.63) is 59.7 Å². The monoisotopic (exact) mass is 306 g/mol. The smallest absolute Gasteiger partial charge is 0.175 e. The zero-order valence-corrected chi connectivity index (χ0v) is 12.8. The molecule has 0 spiro atoms. The van der Waals surface area contributed by atoms with Crippen LogP contribution in [0.25, 0.3) is 0 Å². The van der Waals surface area contributed by atoms with Crippen LogP contribution in [0.2, 0.25) is 0 Å². The summed E-state index contributed by atoms with van der Waals surface area (Å²) in [5.74, 6) is 0.726. The molecule has 0 radical (unpaired) electrons. The summed E-state index contributed by atoms with van der Waals surface area (Å²) in [6, 6.07) is 13.8. The van der Waals surface area contributed by atoms with Gasteiger partial charge in [0.25, 0.3) is 0 Å². The van der Waals surface area contributed by atoms with Crippen molar-refractivity contribution in [3.8, 4) is 5.75 Å². The summed E-state index contributed by atoms with van der Waals surface area (Å²) in [5, 5.41) is 10.3. The summed E-state index contributed by atoms with van der Waals surface area (Å²) in [5.41, 5.74) is 1.58. The van der Waals surface area contributed by atoms with Crippen molar-refractivity contribution in [2.75, 3.05) is 13.4 Å². The molecule has 5 heteroatoms. The number of ether oxygens (including phenoxy) is 1. The van der Waals surface area contributed by atoms with Gasteiger partial charge in [-0.15, -0.1) is 0 Å². The fourth-order valence-electron chi connectivity index (χ4n) is 2.13. The van der Waals surface area contributed by atoms with Gasteiger partial charge in [0.2, 0.25) is 0 Å². The third kappa shape index (κ3) is 3.83. The first kappa shape index (κ1) is 15.5. The number of benzene rings is 2. The zero-order valence-electron chi connectivity index (χ0n) is 12.0. The molecule has 0 aliphatic rings. The highest BCUT2D eigenvalue weighted by Crippen LogP contribution is 2.25. The van der Waals surface area contributed by atoms with Gasteiger partial charge in [-0.05, 0) is 29.3 Å². The molecule has 1 N–H and O–H groups in total. The van der Waals surface area contributed by atoms with Gasteiger partial charge in [-0.3, -0.25) is 0 Å². The molecular weight excluding hydrogens is 288 g/mol. The number of methoxy groups -OCH3 is 1. The van der Waals surface area contributed by atoms with E-state index in [1.165, 1.54) is 12.1 Å². The summed E-state index contributed by atoms with van der Waals surface area (Å²) in [4.78, 5) is 0.246. The molecule has 4 nitrogen and oxygen atoms in total. The first-order chi connectivity index (χ1) is 9.91. The van der Waals surface area contributed by atoms with E-state index in [4.69, 9.17) is 4.74 Å². The van der Waals surface area contributed by atoms with E-state index in [0.717, 1.165) is 17.6 Å². The van der Waals surface area contributed by atoms with Crippen LogP contribution in [0, 0.1) is 0 Å². The second kappa shape index (κ2) is 6.28. The highest BCUT2D eigenvalue weighted by Gasteiger charge is 2.13. The van der Waals surface area contributed by atoms with Crippen molar-refractivity contribution >= 4 is 9.84 Å². The minimum atomic E-state index is -3.22. The van der Waals surface area contributed by atoms with Crippen molar-refractivity contribution in [2.45, 2.75) is 17.4 Å². The van der Waals surface area contributed by atoms with Gasteiger partial charge in [-0.25, -0.2) is 8.42 Å². The van der Waals surface area contributed by atoms with E-state index in [2.05, 4.69) is 0 Å². The van der Waals surface area contributed by atoms with Gasteiger partial charge >= 0.3 is 0 Å². The van der Waals surface area contributed by atoms with Crippen LogP contribution < -0.4 is 4.74 Å². The number of rotatable bonds is 5. The lowest BCUT2D eigenvalue weighted by molar-refractivity contribution is 0.177. The van der Waals surface area contributed by atoms with E-state index >= 15 is 0 Å². The maximum Gasteiger partial charge on any atom is 0.175 e. The van der Waals surface area contributed by atoms with Gasteiger partial charge < -0.3 is 9.84 Å². The number of aliphatic hydroxyl groups excluding tert-OH is 1. The molecule has 2 aromatic rings. The SMILES string of the molecule is COc1ccccc1CC(O)c1ccc(S(C)(=O)=O)cc1. The van der Waals surface area contributed by atoms with Crippen LogP contribution in [0.1, 0.15) is 17.2 Å². The van der Waals surface area contributed by atoms with E-state index in [0.29, 0.717) is 12.0 Å². The summed E-state index contributed by atoms with van der Waals surface area (Å²) >= 11 is 0. The molecule has 0 aromatic heterocycles. The maximum atomic E-state index is 11.4. The molecule has 0 saturated carbocycles. The molecule has 0 amide bonds. The molecule has 1 unspecified atom stereocenters. The molecule has 1 atom stereocenters. The van der Waals surface area contributed by atoms with Gasteiger partial charge in [0, 0.05) is 12.7 Å². The number of sulfone groups is 1. The van der Waals surface area contributed by atoms with E-state index in [-0.39, 0.29) is 4.90 Å². The Balaban J connectivity index is 2.19. The average Bonchev–Trinajstić information content (AvgIpc) is 2.47. The van der Waals surface area contributed by atoms with Crippen LogP contribution in [0.3, 0.4) is 0 Å². The standard InChI is InChI=1S/C16H18O4S/c1-20-16-6-4-3-5-13(16)11-15(17)12-7-9-14(10-8-12)21(2,18)19/h3-10,15,17H,11H2,1-2H3. The highest BCUT2D eigenvalue weighted by atomic mass is 32.2. The third-order valence-corrected chi connectivity index (χ3v) is 4.43. The first-order valence-electron chi connectivity index (χ1n) is 6.52. The number of aliphatic hydroxyl groups is 1. The Bertz CT molecular complexity index is 705. The van der Waals surface area contributed by atoms with Gasteiger partial charge in [-0.2, -0.15) is 0 Å². The lowest BCUT2D eigenvalue weighted by Crippen LogP contribution is -2.04. The van der Waals surface area contributed by atoms with Crippen molar-refractivity contribution < 1.29 is 18.3 Å². The minimum Gasteiger partial charge on any atom is -0.496 e. The first-order valence-corrected chi connectivity index (χ1v) is 8.41. The number of hydrogen-bond acceptors (Lipinski definition) is 4. The fraction of sp³-hybridized carbons (Fsp3) is 0.250. The Labute approximate surface area is 124 Å². The van der Waals surface area contributed by atoms with Gasteiger partial charge in [-0.1, -0.05) is 30.3 Å². The lowest BCUT2D eigenvalue weighted by atomic mass is 10.0. The predicted octanol–water partition coefficient (Wildman–Crippen LogP) is 2.37. The van der Waals surface area contributed by atoms with Gasteiger partial charge in [0.15, 0.2) is 9.84 Å². The van der Waals surface area contributed by atoms with E-state index in [9.17, 15) is 13.5 Å². The highest BCUT2D eigenvalue weighted by molar-refractivity contribution is 7.90. The Morgan fingerprint density at radius 1 is 1.10 bits per heavy atom. The largest absolute Gasteiger partial charge is 0.496 e. The van der Waals surface area contributed by atoms with Crippen LogP contribution in [0.5, 0.6) is 5.75 Å². The topological polar surface area (TPSA) is 63.6 Å². The van der Waals surface area contributed by atoms with Crippen molar-refractivity contribution in [1.82, 2.24) is 0 Å². The molecule has 0 heterocycles. The molecule has 0 fully saturated rings. The molecule has 112 valence electrons. The summed E-state index contributed by atoms with van der Waals surface area (Å²) in [6.07, 6.45) is 0.852. The van der Waals surface area contributed by atoms with E-state index in [1.807, 2.05) is 24.3 Å². The molecule has 21 heavy (non-hydrogen) atoms. The van der Waals surface area contributed by atoms with Crippen LogP contribution in [0.4, 0.5) is 0 Å². The molecule has 0 bridgehead atoms. The van der Waals surface area contributed by atoms with Gasteiger partial charge in [0.1, 0.15) is 5.75 Å². The fourth-order valence-corrected chi connectivity index (χ4v) is 2.77. The average molecular weight is 306 g/mol. The van der Waals surface area contributed by atoms with E-state index in [1.54, 1.807) is 19.2 Å². The van der Waals surface area contributed by atoms with Crippen LogP contribution >= 0.6 is 0 Å². The number of para-hydroxylation sites is 1. The predicted molar refractivity (Wildman–Crippen MR) is 81.2 cm³/mol. The lowest BCUT2D eigenvalue weighted by Gasteiger charge is -2.14. The van der Waals surface area contributed by atoms with Crippen LogP contribution in [0.15, 0.2) is 53.4 Å². The molecule has 0 aliphatic carbocycles. The van der Waals surface area contributed by atoms with Crippen LogP contribution in [-0.4, -0.2) is 26.9 Å². The number of hydrogen-bond donors (Lipinski definition) is 1. The van der Waals surface area contributed by atoms with Crippen molar-refractivity contribution in [2.24, 2.45) is 0 Å². The summed E-state index contributed by atoms with van der Waals surface area (Å²) < 4.78 is 28.1. The quantitative estimate of drug-likeness (QED) is 0.921. The van der Waals surface area contributed by atoms with E-state index < -0.39 is 15.9 Å². The molecule has 2 aromatic carbocycles. The second-order valence-corrected chi connectivity index (χ2v) is 6.89. The zero-order chi connectivity index (χ0) is 15.5. The minimum absolute atomic E-state index is 0.246. The Hall–Kier alpha value is -1.85. The molecule has 2 rings (SSSR count). The Morgan fingerprint density at radius 2 is 1.71 bits per heavy atom. The van der Waals surface area contributed by atoms with Crippen LogP contribution in [-0.2, 0) is 16.3 Å². The van der Waals surface area contributed by atoms with Crippen molar-refractivity contribution in [1.29, 1.82) is 0 Å². The normalized spacial score (nSPS) is 12.9. The molecule has 0 aliphatic heterocycles.